The van der Waals surface area contributed by atoms with Gasteiger partial charge in [0.15, 0.2) is 0 Å². The largest absolute Gasteiger partial charge is 0.496 e. The van der Waals surface area contributed by atoms with Gasteiger partial charge in [-0.15, -0.1) is 0 Å². The molecule has 0 aromatic heterocycles. The highest BCUT2D eigenvalue weighted by atomic mass is 79.9. The summed E-state index contributed by atoms with van der Waals surface area (Å²) in [5, 5.41) is 0. The number of hydrogen-bond donors (Lipinski definition) is 1. The molecule has 0 heterocycles. The van der Waals surface area contributed by atoms with E-state index in [4.69, 9.17) is 10.5 Å². The van der Waals surface area contributed by atoms with Gasteiger partial charge >= 0.3 is 0 Å². The second kappa shape index (κ2) is 6.99. The van der Waals surface area contributed by atoms with Crippen molar-refractivity contribution in [1.29, 1.82) is 0 Å². The Morgan fingerprint density at radius 1 is 1.47 bits per heavy atom. The normalized spacial score (nSPS) is 12.8. The van der Waals surface area contributed by atoms with Crippen molar-refractivity contribution in [3.63, 3.8) is 0 Å². The van der Waals surface area contributed by atoms with Crippen molar-refractivity contribution < 1.29 is 4.74 Å². The van der Waals surface area contributed by atoms with E-state index in [9.17, 15) is 0 Å². The Kier molecular flexibility index (Phi) is 5.95. The highest BCUT2D eigenvalue weighted by molar-refractivity contribution is 9.10. The third-order valence-electron chi connectivity index (χ3n) is 2.60. The van der Waals surface area contributed by atoms with Crippen LogP contribution in [-0.2, 0) is 6.42 Å². The van der Waals surface area contributed by atoms with Crippen LogP contribution in [0.2, 0.25) is 0 Å². The summed E-state index contributed by atoms with van der Waals surface area (Å²) in [5.74, 6) is 0.947. The lowest BCUT2D eigenvalue weighted by Gasteiger charge is -2.19. The number of ether oxygens (including phenoxy) is 1. The second-order valence-corrected chi connectivity index (χ2v) is 5.36. The quantitative estimate of drug-likeness (QED) is 0.876. The standard InChI is InChI=1S/C13H21BrN2O/c1-10(15)9-16(2)7-6-11-8-12(14)4-5-13(11)17-3/h4-5,8,10H,6-7,9,15H2,1-3H3. The molecule has 17 heavy (non-hydrogen) atoms. The average Bonchev–Trinajstić information content (AvgIpc) is 2.25. The number of halogens is 1. The minimum atomic E-state index is 0.212. The van der Waals surface area contributed by atoms with Crippen LogP contribution < -0.4 is 10.5 Å². The Balaban J connectivity index is 2.58. The number of methoxy groups -OCH3 is 1. The molecule has 0 amide bonds. The van der Waals surface area contributed by atoms with Crippen molar-refractivity contribution >= 4 is 15.9 Å². The monoisotopic (exact) mass is 300 g/mol. The molecule has 1 unspecified atom stereocenters. The summed E-state index contributed by atoms with van der Waals surface area (Å²) in [6.45, 7) is 3.92. The Hall–Kier alpha value is -0.580. The third kappa shape index (κ3) is 5.06. The minimum absolute atomic E-state index is 0.212. The summed E-state index contributed by atoms with van der Waals surface area (Å²) in [6, 6.07) is 6.31. The summed E-state index contributed by atoms with van der Waals surface area (Å²) in [7, 11) is 3.80. The van der Waals surface area contributed by atoms with Crippen molar-refractivity contribution in [1.82, 2.24) is 4.90 Å². The first kappa shape index (κ1) is 14.5. The fourth-order valence-electron chi connectivity index (χ4n) is 1.84. The molecule has 0 aliphatic rings. The molecule has 0 bridgehead atoms. The van der Waals surface area contributed by atoms with Crippen LogP contribution in [0.25, 0.3) is 0 Å². The van der Waals surface area contributed by atoms with E-state index in [0.29, 0.717) is 0 Å². The van der Waals surface area contributed by atoms with E-state index < -0.39 is 0 Å². The first-order chi connectivity index (χ1) is 8.02. The minimum Gasteiger partial charge on any atom is -0.496 e. The van der Waals surface area contributed by atoms with Crippen LogP contribution in [0.4, 0.5) is 0 Å². The maximum absolute atomic E-state index is 5.77. The fourth-order valence-corrected chi connectivity index (χ4v) is 2.25. The van der Waals surface area contributed by atoms with Crippen LogP contribution >= 0.6 is 15.9 Å². The molecule has 96 valence electrons. The molecular weight excluding hydrogens is 280 g/mol. The summed E-state index contributed by atoms with van der Waals surface area (Å²) in [5.41, 5.74) is 6.99. The zero-order chi connectivity index (χ0) is 12.8. The van der Waals surface area contributed by atoms with Gasteiger partial charge in [0.25, 0.3) is 0 Å². The molecular formula is C13H21BrN2O. The predicted molar refractivity (Wildman–Crippen MR) is 75.5 cm³/mol. The van der Waals surface area contributed by atoms with Crippen molar-refractivity contribution in [2.24, 2.45) is 5.73 Å². The Morgan fingerprint density at radius 2 is 2.18 bits per heavy atom. The van der Waals surface area contributed by atoms with E-state index in [1.54, 1.807) is 7.11 Å². The topological polar surface area (TPSA) is 38.5 Å². The maximum Gasteiger partial charge on any atom is 0.122 e. The van der Waals surface area contributed by atoms with Gasteiger partial charge in [0.1, 0.15) is 5.75 Å². The SMILES string of the molecule is COc1ccc(Br)cc1CCN(C)CC(C)N. The third-order valence-corrected chi connectivity index (χ3v) is 3.10. The Bertz CT molecular complexity index is 355. The molecule has 1 aromatic rings. The molecule has 0 spiro atoms. The van der Waals surface area contributed by atoms with Gasteiger partial charge in [-0.3, -0.25) is 0 Å². The van der Waals surface area contributed by atoms with Gasteiger partial charge in [0.05, 0.1) is 7.11 Å². The van der Waals surface area contributed by atoms with E-state index in [1.165, 1.54) is 5.56 Å². The molecule has 0 saturated heterocycles. The van der Waals surface area contributed by atoms with Crippen molar-refractivity contribution in [2.45, 2.75) is 19.4 Å². The number of nitrogens with two attached hydrogens (primary N) is 1. The summed E-state index contributed by atoms with van der Waals surface area (Å²) in [6.07, 6.45) is 0.964. The van der Waals surface area contributed by atoms with Crippen LogP contribution in [0.3, 0.4) is 0 Å². The summed E-state index contributed by atoms with van der Waals surface area (Å²) < 4.78 is 6.44. The van der Waals surface area contributed by atoms with Gasteiger partial charge < -0.3 is 15.4 Å². The molecule has 2 N–H and O–H groups in total. The highest BCUT2D eigenvalue weighted by Crippen LogP contribution is 2.23. The number of rotatable bonds is 6. The molecule has 3 nitrogen and oxygen atoms in total. The lowest BCUT2D eigenvalue weighted by molar-refractivity contribution is 0.318. The molecule has 0 radical (unpaired) electrons. The lowest BCUT2D eigenvalue weighted by Crippen LogP contribution is -2.34. The molecule has 0 aliphatic carbocycles. The van der Waals surface area contributed by atoms with Gasteiger partial charge in [-0.2, -0.15) is 0 Å². The lowest BCUT2D eigenvalue weighted by atomic mass is 10.1. The molecule has 1 atom stereocenters. The van der Waals surface area contributed by atoms with Crippen LogP contribution in [0.15, 0.2) is 22.7 Å². The highest BCUT2D eigenvalue weighted by Gasteiger charge is 2.06. The van der Waals surface area contributed by atoms with E-state index in [0.717, 1.165) is 29.7 Å². The number of likely N-dealkylation sites (N-methyl/N-ethyl adjacent to an activating group) is 1. The van der Waals surface area contributed by atoms with Gasteiger partial charge in [-0.1, -0.05) is 15.9 Å². The smallest absolute Gasteiger partial charge is 0.122 e. The first-order valence-electron chi connectivity index (χ1n) is 5.79. The molecule has 4 heteroatoms. The van der Waals surface area contributed by atoms with E-state index in [1.807, 2.05) is 19.1 Å². The van der Waals surface area contributed by atoms with Crippen LogP contribution in [-0.4, -0.2) is 38.2 Å². The maximum atomic E-state index is 5.77. The first-order valence-corrected chi connectivity index (χ1v) is 6.58. The molecule has 1 rings (SSSR count). The van der Waals surface area contributed by atoms with Gasteiger partial charge in [-0.25, -0.2) is 0 Å². The van der Waals surface area contributed by atoms with Crippen LogP contribution in [0, 0.1) is 0 Å². The molecule has 0 saturated carbocycles. The van der Waals surface area contributed by atoms with Gasteiger partial charge in [-0.05, 0) is 44.2 Å². The summed E-state index contributed by atoms with van der Waals surface area (Å²) >= 11 is 3.48. The van der Waals surface area contributed by atoms with Crippen molar-refractivity contribution in [3.05, 3.63) is 28.2 Å². The average molecular weight is 301 g/mol. The number of hydrogen-bond acceptors (Lipinski definition) is 3. The molecule has 0 aliphatic heterocycles. The van der Waals surface area contributed by atoms with Crippen LogP contribution in [0.5, 0.6) is 5.75 Å². The predicted octanol–water partition coefficient (Wildman–Crippen LogP) is 2.28. The second-order valence-electron chi connectivity index (χ2n) is 4.45. The Morgan fingerprint density at radius 3 is 2.76 bits per heavy atom. The van der Waals surface area contributed by atoms with Crippen molar-refractivity contribution in [2.75, 3.05) is 27.2 Å². The van der Waals surface area contributed by atoms with E-state index in [2.05, 4.69) is 33.9 Å². The van der Waals surface area contributed by atoms with Crippen molar-refractivity contribution in [3.8, 4) is 5.75 Å². The van der Waals surface area contributed by atoms with Crippen LogP contribution in [0.1, 0.15) is 12.5 Å². The molecule has 1 aromatic carbocycles. The fraction of sp³-hybridized carbons (Fsp3) is 0.538. The zero-order valence-electron chi connectivity index (χ0n) is 10.7. The van der Waals surface area contributed by atoms with Gasteiger partial charge in [0, 0.05) is 23.6 Å². The van der Waals surface area contributed by atoms with Gasteiger partial charge in [0.2, 0.25) is 0 Å². The number of benzene rings is 1. The van der Waals surface area contributed by atoms with E-state index >= 15 is 0 Å². The van der Waals surface area contributed by atoms with E-state index in [-0.39, 0.29) is 6.04 Å². The Labute approximate surface area is 112 Å². The molecule has 0 fully saturated rings. The summed E-state index contributed by atoms with van der Waals surface area (Å²) in [4.78, 5) is 2.24. The number of nitrogens with zero attached hydrogens (tertiary/aromatic N) is 1. The zero-order valence-corrected chi connectivity index (χ0v) is 12.3.